The number of hydrogen-bond donors (Lipinski definition) is 0. The second-order valence-corrected chi connectivity index (χ2v) is 5.59. The Hall–Kier alpha value is -2.18. The van der Waals surface area contributed by atoms with Crippen molar-refractivity contribution in [1.82, 2.24) is 9.55 Å². The van der Waals surface area contributed by atoms with Gasteiger partial charge in [0, 0.05) is 17.2 Å². The number of ether oxygens (including phenoxy) is 1. The Balaban J connectivity index is 2.34. The Morgan fingerprint density at radius 2 is 1.58 bits per heavy atom. The monoisotopic (exact) mass is 372 g/mol. The lowest BCUT2D eigenvalue weighted by Crippen LogP contribution is -2.03. The number of rotatable bonds is 3. The fourth-order valence-electron chi connectivity index (χ4n) is 2.32. The molecule has 0 radical (unpaired) electrons. The first-order valence-corrected chi connectivity index (χ1v) is 7.41. The van der Waals surface area contributed by atoms with Crippen molar-refractivity contribution in [3.05, 3.63) is 64.0 Å². The minimum atomic E-state index is -1.10. The van der Waals surface area contributed by atoms with E-state index in [1.807, 2.05) is 0 Å². The van der Waals surface area contributed by atoms with E-state index in [0.717, 1.165) is 0 Å². The van der Waals surface area contributed by atoms with E-state index in [2.05, 4.69) is 4.98 Å². The smallest absolute Gasteiger partial charge is 0.302 e. The summed E-state index contributed by atoms with van der Waals surface area (Å²) >= 11 is 11.9. The van der Waals surface area contributed by atoms with Crippen LogP contribution in [0.2, 0.25) is 10.2 Å². The molecule has 0 fully saturated rings. The van der Waals surface area contributed by atoms with Gasteiger partial charge in [0.1, 0.15) is 23.1 Å². The summed E-state index contributed by atoms with van der Waals surface area (Å²) in [5.74, 6) is -3.24. The third-order valence-electron chi connectivity index (χ3n) is 3.32. The normalized spacial score (nSPS) is 10.9. The number of halogens is 5. The van der Waals surface area contributed by atoms with Crippen LogP contribution in [0.25, 0.3) is 16.9 Å². The Bertz CT molecular complexity index is 887. The quantitative estimate of drug-likeness (QED) is 0.625. The summed E-state index contributed by atoms with van der Waals surface area (Å²) in [6.07, 6.45) is 0. The second kappa shape index (κ2) is 6.37. The summed E-state index contributed by atoms with van der Waals surface area (Å²) in [6, 6.07) is 7.54. The van der Waals surface area contributed by atoms with Gasteiger partial charge >= 0.3 is 6.01 Å². The van der Waals surface area contributed by atoms with Gasteiger partial charge in [0.2, 0.25) is 0 Å². The molecule has 3 aromatic rings. The zero-order valence-electron chi connectivity index (χ0n) is 12.2. The predicted octanol–water partition coefficient (Wildman–Crippen LogP) is 5.27. The van der Waals surface area contributed by atoms with E-state index in [0.29, 0.717) is 22.8 Å². The molecule has 0 N–H and O–H groups in total. The fraction of sp³-hybridized carbons (Fsp3) is 0.0625. The van der Waals surface area contributed by atoms with Gasteiger partial charge in [-0.1, -0.05) is 23.2 Å². The molecule has 124 valence electrons. The summed E-state index contributed by atoms with van der Waals surface area (Å²) in [7, 11) is 1.34. The van der Waals surface area contributed by atoms with Crippen LogP contribution in [0.4, 0.5) is 13.2 Å². The maximum atomic E-state index is 14.2. The fourth-order valence-corrected chi connectivity index (χ4v) is 2.70. The summed E-state index contributed by atoms with van der Waals surface area (Å²) in [4.78, 5) is 3.96. The van der Waals surface area contributed by atoms with Gasteiger partial charge in [0.05, 0.1) is 18.4 Å². The molecule has 0 aliphatic carbocycles. The molecule has 0 saturated heterocycles. The molecule has 0 bridgehead atoms. The molecule has 0 aliphatic rings. The highest BCUT2D eigenvalue weighted by atomic mass is 35.5. The number of nitrogens with zero attached hydrogens (tertiary/aromatic N) is 2. The maximum absolute atomic E-state index is 14.2. The molecule has 1 heterocycles. The lowest BCUT2D eigenvalue weighted by Gasteiger charge is -2.12. The molecular formula is C16H9Cl2F3N2O. The molecule has 1 aromatic heterocycles. The lowest BCUT2D eigenvalue weighted by atomic mass is 10.1. The largest absolute Gasteiger partial charge is 0.468 e. The SMILES string of the molecule is COc1nc(Cl)c(-c2c(F)cc(F)cc2F)n1-c1ccc(Cl)cc1. The zero-order chi connectivity index (χ0) is 17.4. The van der Waals surface area contributed by atoms with Crippen LogP contribution in [-0.2, 0) is 0 Å². The Kier molecular flexibility index (Phi) is 4.43. The number of benzene rings is 2. The molecule has 0 saturated carbocycles. The van der Waals surface area contributed by atoms with Gasteiger partial charge in [-0.2, -0.15) is 4.98 Å². The number of methoxy groups -OCH3 is 1. The highest BCUT2D eigenvalue weighted by Gasteiger charge is 2.25. The summed E-state index contributed by atoms with van der Waals surface area (Å²) in [6.45, 7) is 0. The van der Waals surface area contributed by atoms with Crippen LogP contribution in [0.15, 0.2) is 36.4 Å². The van der Waals surface area contributed by atoms with Gasteiger partial charge in [-0.25, -0.2) is 13.2 Å². The molecule has 0 aliphatic heterocycles. The Morgan fingerprint density at radius 1 is 1.00 bits per heavy atom. The van der Waals surface area contributed by atoms with E-state index >= 15 is 0 Å². The average Bonchev–Trinajstić information content (AvgIpc) is 2.84. The average molecular weight is 373 g/mol. The Labute approximate surface area is 145 Å². The minimum Gasteiger partial charge on any atom is -0.468 e. The van der Waals surface area contributed by atoms with Gasteiger partial charge in [-0.15, -0.1) is 0 Å². The predicted molar refractivity (Wildman–Crippen MR) is 85.4 cm³/mol. The molecule has 3 rings (SSSR count). The van der Waals surface area contributed by atoms with Crippen molar-refractivity contribution in [3.8, 4) is 23.0 Å². The summed E-state index contributed by atoms with van der Waals surface area (Å²) in [5, 5.41) is 0.288. The van der Waals surface area contributed by atoms with E-state index in [9.17, 15) is 13.2 Å². The van der Waals surface area contributed by atoms with Gasteiger partial charge < -0.3 is 4.74 Å². The van der Waals surface area contributed by atoms with Crippen LogP contribution in [0.5, 0.6) is 6.01 Å². The van der Waals surface area contributed by atoms with Crippen molar-refractivity contribution >= 4 is 23.2 Å². The van der Waals surface area contributed by atoms with Gasteiger partial charge in [-0.3, -0.25) is 4.57 Å². The van der Waals surface area contributed by atoms with Crippen LogP contribution in [0.1, 0.15) is 0 Å². The summed E-state index contributed by atoms with van der Waals surface area (Å²) < 4.78 is 48.1. The van der Waals surface area contributed by atoms with E-state index in [1.165, 1.54) is 11.7 Å². The molecule has 2 aromatic carbocycles. The number of imidazole rings is 1. The van der Waals surface area contributed by atoms with E-state index in [-0.39, 0.29) is 16.9 Å². The van der Waals surface area contributed by atoms with E-state index in [4.69, 9.17) is 27.9 Å². The summed E-state index contributed by atoms with van der Waals surface area (Å²) in [5.41, 5.74) is -0.133. The van der Waals surface area contributed by atoms with Crippen molar-refractivity contribution in [3.63, 3.8) is 0 Å². The highest BCUT2D eigenvalue weighted by Crippen LogP contribution is 2.38. The molecule has 24 heavy (non-hydrogen) atoms. The molecule has 0 unspecified atom stereocenters. The third kappa shape index (κ3) is 2.83. The van der Waals surface area contributed by atoms with Crippen LogP contribution >= 0.6 is 23.2 Å². The standard InChI is InChI=1S/C16H9Cl2F3N2O/c1-24-16-22-15(18)14(13-11(20)6-9(19)7-12(13)21)23(16)10-4-2-8(17)3-5-10/h2-7H,1H3. The number of aromatic nitrogens is 2. The van der Waals surface area contributed by atoms with Crippen LogP contribution in [0.3, 0.4) is 0 Å². The lowest BCUT2D eigenvalue weighted by molar-refractivity contribution is 0.374. The van der Waals surface area contributed by atoms with Crippen LogP contribution in [0, 0.1) is 17.5 Å². The van der Waals surface area contributed by atoms with Gasteiger partial charge in [0.15, 0.2) is 5.15 Å². The first-order chi connectivity index (χ1) is 11.4. The molecule has 0 amide bonds. The van der Waals surface area contributed by atoms with E-state index < -0.39 is 23.0 Å². The molecule has 0 spiro atoms. The highest BCUT2D eigenvalue weighted by molar-refractivity contribution is 6.32. The zero-order valence-corrected chi connectivity index (χ0v) is 13.7. The van der Waals surface area contributed by atoms with Crippen molar-refractivity contribution in [1.29, 1.82) is 0 Å². The van der Waals surface area contributed by atoms with Crippen LogP contribution < -0.4 is 4.74 Å². The Morgan fingerprint density at radius 3 is 2.12 bits per heavy atom. The maximum Gasteiger partial charge on any atom is 0.302 e. The van der Waals surface area contributed by atoms with Crippen molar-refractivity contribution in [2.45, 2.75) is 0 Å². The van der Waals surface area contributed by atoms with Crippen molar-refractivity contribution < 1.29 is 17.9 Å². The van der Waals surface area contributed by atoms with E-state index in [1.54, 1.807) is 24.3 Å². The molecular weight excluding hydrogens is 364 g/mol. The molecule has 8 heteroatoms. The van der Waals surface area contributed by atoms with Crippen molar-refractivity contribution in [2.75, 3.05) is 7.11 Å². The number of hydrogen-bond acceptors (Lipinski definition) is 2. The minimum absolute atomic E-state index is 0.0143. The molecule has 0 atom stereocenters. The molecule has 3 nitrogen and oxygen atoms in total. The third-order valence-corrected chi connectivity index (χ3v) is 3.83. The van der Waals surface area contributed by atoms with Crippen molar-refractivity contribution in [2.24, 2.45) is 0 Å². The second-order valence-electron chi connectivity index (χ2n) is 4.79. The first-order valence-electron chi connectivity index (χ1n) is 6.65. The van der Waals surface area contributed by atoms with Gasteiger partial charge in [-0.05, 0) is 24.3 Å². The first kappa shape index (κ1) is 16.7. The topological polar surface area (TPSA) is 27.1 Å². The van der Waals surface area contributed by atoms with Gasteiger partial charge in [0.25, 0.3) is 0 Å². The van der Waals surface area contributed by atoms with Crippen LogP contribution in [-0.4, -0.2) is 16.7 Å².